The number of nitrogens with two attached hydrogens (primary N) is 1. The van der Waals surface area contributed by atoms with Gasteiger partial charge in [0.25, 0.3) is 0 Å². The van der Waals surface area contributed by atoms with E-state index in [4.69, 9.17) is 5.73 Å². The second kappa shape index (κ2) is 7.12. The largest absolute Gasteiger partial charge is 0.368 e. The van der Waals surface area contributed by atoms with Crippen molar-refractivity contribution < 1.29 is 0 Å². The van der Waals surface area contributed by atoms with E-state index in [1.807, 2.05) is 0 Å². The van der Waals surface area contributed by atoms with Gasteiger partial charge in [-0.25, -0.2) is 0 Å². The Morgan fingerprint density at radius 2 is 1.80 bits per heavy atom. The van der Waals surface area contributed by atoms with Gasteiger partial charge < -0.3 is 10.6 Å². The van der Waals surface area contributed by atoms with E-state index in [-0.39, 0.29) is 6.04 Å². The number of hydrogen-bond acceptors (Lipinski definition) is 2. The lowest BCUT2D eigenvalue weighted by Crippen LogP contribution is -2.36. The fourth-order valence-electron chi connectivity index (χ4n) is 3.25. The van der Waals surface area contributed by atoms with Crippen molar-refractivity contribution in [1.82, 2.24) is 0 Å². The van der Waals surface area contributed by atoms with Crippen molar-refractivity contribution in [1.29, 1.82) is 0 Å². The summed E-state index contributed by atoms with van der Waals surface area (Å²) < 4.78 is 0. The molecule has 0 unspecified atom stereocenters. The summed E-state index contributed by atoms with van der Waals surface area (Å²) in [6, 6.07) is 9.54. The topological polar surface area (TPSA) is 29.3 Å². The van der Waals surface area contributed by atoms with Crippen LogP contribution in [0, 0.1) is 5.92 Å². The second-order valence-corrected chi connectivity index (χ2v) is 6.66. The molecule has 2 N–H and O–H groups in total. The van der Waals surface area contributed by atoms with Crippen molar-refractivity contribution in [3.63, 3.8) is 0 Å². The Hall–Kier alpha value is -1.02. The average molecular weight is 274 g/mol. The predicted octanol–water partition coefficient (Wildman–Crippen LogP) is 4.50. The summed E-state index contributed by atoms with van der Waals surface area (Å²) in [7, 11) is 0. The highest BCUT2D eigenvalue weighted by Gasteiger charge is 2.24. The van der Waals surface area contributed by atoms with E-state index < -0.39 is 0 Å². The number of nitrogens with zero attached hydrogens (tertiary/aromatic N) is 1. The molecule has 1 aliphatic rings. The highest BCUT2D eigenvalue weighted by molar-refractivity contribution is 5.55. The van der Waals surface area contributed by atoms with Crippen LogP contribution in [0.2, 0.25) is 0 Å². The molecule has 1 saturated carbocycles. The summed E-state index contributed by atoms with van der Waals surface area (Å²) >= 11 is 0. The molecule has 0 amide bonds. The molecule has 0 spiro atoms. The Bertz CT molecular complexity index is 406. The van der Waals surface area contributed by atoms with Crippen molar-refractivity contribution in [3.05, 3.63) is 29.8 Å². The van der Waals surface area contributed by atoms with Crippen molar-refractivity contribution in [3.8, 4) is 0 Å². The van der Waals surface area contributed by atoms with Gasteiger partial charge in [-0.3, -0.25) is 0 Å². The maximum absolute atomic E-state index is 6.18. The maximum Gasteiger partial charge on any atom is 0.0417 e. The van der Waals surface area contributed by atoms with Crippen LogP contribution in [-0.4, -0.2) is 12.6 Å². The fourth-order valence-corrected chi connectivity index (χ4v) is 3.25. The minimum absolute atomic E-state index is 0.106. The lowest BCUT2D eigenvalue weighted by atomic mass is 10.0. The SMILES string of the molecule is CC(C)CCN(c1ccccc1[C@@H](C)N)C1CCCC1. The van der Waals surface area contributed by atoms with Crippen LogP contribution in [0.25, 0.3) is 0 Å². The molecule has 1 aromatic carbocycles. The van der Waals surface area contributed by atoms with Crippen molar-refractivity contribution in [2.75, 3.05) is 11.4 Å². The van der Waals surface area contributed by atoms with Gasteiger partial charge in [-0.15, -0.1) is 0 Å². The van der Waals surface area contributed by atoms with Crippen LogP contribution in [0.1, 0.15) is 64.5 Å². The standard InChI is InChI=1S/C18H30N2/c1-14(2)12-13-20(16-8-4-5-9-16)18-11-7-6-10-17(18)15(3)19/h6-7,10-11,14-16H,4-5,8-9,12-13,19H2,1-3H3/t15-/m1/s1. The molecule has 20 heavy (non-hydrogen) atoms. The van der Waals surface area contributed by atoms with E-state index in [9.17, 15) is 0 Å². The molecule has 0 radical (unpaired) electrons. The van der Waals surface area contributed by atoms with Crippen LogP contribution >= 0.6 is 0 Å². The van der Waals surface area contributed by atoms with E-state index in [0.29, 0.717) is 6.04 Å². The van der Waals surface area contributed by atoms with E-state index >= 15 is 0 Å². The molecule has 1 aliphatic carbocycles. The number of hydrogen-bond donors (Lipinski definition) is 1. The molecule has 112 valence electrons. The lowest BCUT2D eigenvalue weighted by molar-refractivity contribution is 0.526. The zero-order valence-electron chi connectivity index (χ0n) is 13.3. The van der Waals surface area contributed by atoms with Crippen LogP contribution in [-0.2, 0) is 0 Å². The normalized spacial score (nSPS) is 17.6. The van der Waals surface area contributed by atoms with Gasteiger partial charge >= 0.3 is 0 Å². The van der Waals surface area contributed by atoms with Gasteiger partial charge in [-0.05, 0) is 43.7 Å². The predicted molar refractivity (Wildman–Crippen MR) is 88.1 cm³/mol. The Kier molecular flexibility index (Phi) is 5.47. The molecule has 0 aliphatic heterocycles. The Morgan fingerprint density at radius 1 is 1.15 bits per heavy atom. The van der Waals surface area contributed by atoms with Crippen LogP contribution in [0.15, 0.2) is 24.3 Å². The monoisotopic (exact) mass is 274 g/mol. The number of para-hydroxylation sites is 1. The highest BCUT2D eigenvalue weighted by Crippen LogP contribution is 2.32. The molecule has 1 fully saturated rings. The van der Waals surface area contributed by atoms with Crippen molar-refractivity contribution >= 4 is 5.69 Å². The van der Waals surface area contributed by atoms with E-state index in [2.05, 4.69) is 49.9 Å². The van der Waals surface area contributed by atoms with Crippen LogP contribution in [0.5, 0.6) is 0 Å². The first-order valence-corrected chi connectivity index (χ1v) is 8.20. The summed E-state index contributed by atoms with van der Waals surface area (Å²) in [4.78, 5) is 2.64. The van der Waals surface area contributed by atoms with E-state index in [1.165, 1.54) is 43.4 Å². The molecule has 2 heteroatoms. The molecule has 1 aromatic rings. The van der Waals surface area contributed by atoms with E-state index in [1.54, 1.807) is 0 Å². The zero-order valence-corrected chi connectivity index (χ0v) is 13.3. The van der Waals surface area contributed by atoms with Crippen LogP contribution in [0.4, 0.5) is 5.69 Å². The third-order valence-corrected chi connectivity index (χ3v) is 4.45. The maximum atomic E-state index is 6.18. The third-order valence-electron chi connectivity index (χ3n) is 4.45. The van der Waals surface area contributed by atoms with Gasteiger partial charge in [0.1, 0.15) is 0 Å². The molecule has 2 nitrogen and oxygen atoms in total. The molecule has 0 saturated heterocycles. The first-order chi connectivity index (χ1) is 9.59. The first kappa shape index (κ1) is 15.4. The summed E-state index contributed by atoms with van der Waals surface area (Å²) in [6.07, 6.45) is 6.69. The average Bonchev–Trinajstić information content (AvgIpc) is 2.93. The van der Waals surface area contributed by atoms with E-state index in [0.717, 1.165) is 12.5 Å². The summed E-state index contributed by atoms with van der Waals surface area (Å²) in [6.45, 7) is 7.87. The third kappa shape index (κ3) is 3.76. The first-order valence-electron chi connectivity index (χ1n) is 8.20. The number of rotatable bonds is 6. The minimum Gasteiger partial charge on any atom is -0.368 e. The molecule has 0 bridgehead atoms. The smallest absolute Gasteiger partial charge is 0.0417 e. The molecule has 0 heterocycles. The van der Waals surface area contributed by atoms with Gasteiger partial charge in [-0.1, -0.05) is 44.9 Å². The Morgan fingerprint density at radius 3 is 2.40 bits per heavy atom. The summed E-state index contributed by atoms with van der Waals surface area (Å²) in [5.41, 5.74) is 8.85. The molecule has 1 atom stereocenters. The van der Waals surface area contributed by atoms with Crippen LogP contribution in [0.3, 0.4) is 0 Å². The molecule has 0 aromatic heterocycles. The number of benzene rings is 1. The quantitative estimate of drug-likeness (QED) is 0.827. The fraction of sp³-hybridized carbons (Fsp3) is 0.667. The molecular formula is C18H30N2. The minimum atomic E-state index is 0.106. The van der Waals surface area contributed by atoms with Gasteiger partial charge in [0.05, 0.1) is 0 Å². The molecular weight excluding hydrogens is 244 g/mol. The Labute approximate surface area is 124 Å². The second-order valence-electron chi connectivity index (χ2n) is 6.66. The number of anilines is 1. The van der Waals surface area contributed by atoms with Crippen molar-refractivity contribution in [2.24, 2.45) is 11.7 Å². The highest BCUT2D eigenvalue weighted by atomic mass is 15.2. The van der Waals surface area contributed by atoms with Gasteiger partial charge in [0.2, 0.25) is 0 Å². The van der Waals surface area contributed by atoms with Gasteiger partial charge in [-0.2, -0.15) is 0 Å². The summed E-state index contributed by atoms with van der Waals surface area (Å²) in [5, 5.41) is 0. The lowest BCUT2D eigenvalue weighted by Gasteiger charge is -2.34. The van der Waals surface area contributed by atoms with Gasteiger partial charge in [0.15, 0.2) is 0 Å². The zero-order chi connectivity index (χ0) is 14.5. The van der Waals surface area contributed by atoms with Gasteiger partial charge in [0, 0.05) is 24.3 Å². The van der Waals surface area contributed by atoms with Crippen LogP contribution < -0.4 is 10.6 Å². The summed E-state index contributed by atoms with van der Waals surface area (Å²) in [5.74, 6) is 0.751. The van der Waals surface area contributed by atoms with Crippen molar-refractivity contribution in [2.45, 2.75) is 65.0 Å². The molecule has 2 rings (SSSR count). The Balaban J connectivity index is 2.25.